The molecule has 0 heterocycles. The van der Waals surface area contributed by atoms with Crippen molar-refractivity contribution in [3.63, 3.8) is 0 Å². The number of rotatable bonds is 3. The first kappa shape index (κ1) is 21.7. The average molecular weight is 421 g/mol. The second-order valence-electron chi connectivity index (χ2n) is 10.3. The average Bonchev–Trinajstić information content (AvgIpc) is 2.94. The number of carbonyl (C=O) groups is 3. The van der Waals surface area contributed by atoms with Gasteiger partial charge in [-0.2, -0.15) is 0 Å². The van der Waals surface area contributed by atoms with Crippen molar-refractivity contribution >= 4 is 17.5 Å². The number of carbonyl (C=O) groups excluding carboxylic acids is 3. The van der Waals surface area contributed by atoms with Crippen LogP contribution in [0.3, 0.4) is 0 Å². The maximum absolute atomic E-state index is 12.9. The minimum atomic E-state index is -1.71. The van der Waals surface area contributed by atoms with Crippen molar-refractivity contribution in [3.05, 3.63) is 11.6 Å². The van der Waals surface area contributed by atoms with Gasteiger partial charge < -0.3 is 20.1 Å². The Bertz CT molecular complexity index is 833. The first-order valence-corrected chi connectivity index (χ1v) is 10.9. The van der Waals surface area contributed by atoms with Gasteiger partial charge in [0, 0.05) is 24.2 Å². The summed E-state index contributed by atoms with van der Waals surface area (Å²) in [5, 5.41) is 34.8. The maximum atomic E-state index is 12.9. The van der Waals surface area contributed by atoms with Crippen LogP contribution in [0.25, 0.3) is 0 Å². The van der Waals surface area contributed by atoms with Crippen LogP contribution in [0.15, 0.2) is 11.6 Å². The van der Waals surface area contributed by atoms with Gasteiger partial charge in [0.2, 0.25) is 5.78 Å². The molecule has 0 bridgehead atoms. The fourth-order valence-electron chi connectivity index (χ4n) is 7.37. The molecule has 7 heteroatoms. The van der Waals surface area contributed by atoms with E-state index < -0.39 is 46.5 Å². The zero-order chi connectivity index (χ0) is 22.1. The summed E-state index contributed by atoms with van der Waals surface area (Å²) in [6, 6.07) is 0. The van der Waals surface area contributed by atoms with E-state index in [-0.39, 0.29) is 30.5 Å². The summed E-state index contributed by atoms with van der Waals surface area (Å²) in [6.07, 6.45) is 3.42. The van der Waals surface area contributed by atoms with Crippen LogP contribution in [0.5, 0.6) is 0 Å². The van der Waals surface area contributed by atoms with Crippen LogP contribution in [0.1, 0.15) is 65.7 Å². The molecule has 3 saturated carbocycles. The van der Waals surface area contributed by atoms with Crippen molar-refractivity contribution in [2.24, 2.45) is 22.7 Å². The summed E-state index contributed by atoms with van der Waals surface area (Å²) in [5.74, 6) is -1.53. The van der Waals surface area contributed by atoms with Crippen molar-refractivity contribution in [3.8, 4) is 0 Å². The van der Waals surface area contributed by atoms with Gasteiger partial charge in [-0.1, -0.05) is 19.4 Å². The monoisotopic (exact) mass is 420 g/mol. The van der Waals surface area contributed by atoms with Crippen molar-refractivity contribution in [1.29, 1.82) is 0 Å². The zero-order valence-corrected chi connectivity index (χ0v) is 17.9. The molecule has 4 rings (SSSR count). The highest BCUT2D eigenvalue weighted by molar-refractivity contribution is 5.92. The van der Waals surface area contributed by atoms with Crippen LogP contribution in [0, 0.1) is 22.7 Å². The van der Waals surface area contributed by atoms with Gasteiger partial charge in [-0.25, -0.2) is 0 Å². The van der Waals surface area contributed by atoms with Gasteiger partial charge in [-0.15, -0.1) is 0 Å². The summed E-state index contributed by atoms with van der Waals surface area (Å²) in [4.78, 5) is 36.0. The summed E-state index contributed by atoms with van der Waals surface area (Å²) in [7, 11) is 0. The molecule has 0 amide bonds. The van der Waals surface area contributed by atoms with Crippen LogP contribution in [0.2, 0.25) is 0 Å². The van der Waals surface area contributed by atoms with Gasteiger partial charge in [0.05, 0.1) is 6.10 Å². The zero-order valence-electron chi connectivity index (χ0n) is 17.9. The van der Waals surface area contributed by atoms with Gasteiger partial charge in [0.15, 0.2) is 12.4 Å². The molecule has 0 aromatic rings. The molecule has 0 unspecified atom stereocenters. The Labute approximate surface area is 176 Å². The second kappa shape index (κ2) is 6.71. The molecule has 7 atom stereocenters. The highest BCUT2D eigenvalue weighted by atomic mass is 16.5. The normalized spacial score (nSPS) is 47.6. The molecule has 0 aromatic carbocycles. The number of aliphatic hydroxyl groups excluding tert-OH is 1. The molecule has 0 saturated heterocycles. The van der Waals surface area contributed by atoms with Crippen LogP contribution in [-0.4, -0.2) is 56.8 Å². The molecule has 3 N–H and O–H groups in total. The number of fused-ring (bicyclic) bond motifs is 5. The Morgan fingerprint density at radius 2 is 1.83 bits per heavy atom. The number of ether oxygens (including phenoxy) is 1. The Morgan fingerprint density at radius 1 is 1.13 bits per heavy atom. The van der Waals surface area contributed by atoms with E-state index in [0.29, 0.717) is 32.1 Å². The van der Waals surface area contributed by atoms with Gasteiger partial charge in [-0.3, -0.25) is 14.4 Å². The molecule has 4 aliphatic carbocycles. The molecule has 0 aliphatic heterocycles. The Hall–Kier alpha value is -1.57. The molecule has 7 nitrogen and oxygen atoms in total. The van der Waals surface area contributed by atoms with E-state index in [1.165, 1.54) is 6.92 Å². The molecule has 4 aliphatic rings. The van der Waals surface area contributed by atoms with E-state index in [9.17, 15) is 29.7 Å². The standard InChI is InChI=1S/C23H32O7/c1-13(24)30-12-19(27)22(28)9-7-16-17-5-4-14-10-15(25)6-8-20(14,2)23(17,29)18(26)11-21(16,22)3/h10,16-18,26,28-29H,4-9,11-12H2,1-3H3/t16-,17-,18-,20-,21-,22-,23-/m0/s1. The van der Waals surface area contributed by atoms with E-state index >= 15 is 0 Å². The van der Waals surface area contributed by atoms with Crippen molar-refractivity contribution < 1.29 is 34.4 Å². The van der Waals surface area contributed by atoms with Gasteiger partial charge >= 0.3 is 5.97 Å². The lowest BCUT2D eigenvalue weighted by molar-refractivity contribution is -0.258. The largest absolute Gasteiger partial charge is 0.458 e. The number of esters is 1. The molecule has 30 heavy (non-hydrogen) atoms. The fourth-order valence-corrected chi connectivity index (χ4v) is 7.37. The van der Waals surface area contributed by atoms with E-state index in [2.05, 4.69) is 0 Å². The lowest BCUT2D eigenvalue weighted by Gasteiger charge is -2.64. The topological polar surface area (TPSA) is 121 Å². The minimum absolute atomic E-state index is 0.0611. The predicted octanol–water partition coefficient (Wildman–Crippen LogP) is 1.47. The maximum Gasteiger partial charge on any atom is 0.303 e. The highest BCUT2D eigenvalue weighted by Gasteiger charge is 2.73. The van der Waals surface area contributed by atoms with Crippen LogP contribution < -0.4 is 0 Å². The molecule has 0 radical (unpaired) electrons. The first-order valence-electron chi connectivity index (χ1n) is 10.9. The third-order valence-electron chi connectivity index (χ3n) is 9.15. The summed E-state index contributed by atoms with van der Waals surface area (Å²) in [6.45, 7) is 4.48. The molecule has 0 spiro atoms. The number of aliphatic hydroxyl groups is 3. The minimum Gasteiger partial charge on any atom is -0.458 e. The van der Waals surface area contributed by atoms with Gasteiger partial charge in [0.1, 0.15) is 11.2 Å². The molecule has 3 fully saturated rings. The van der Waals surface area contributed by atoms with E-state index in [1.807, 2.05) is 13.8 Å². The first-order chi connectivity index (χ1) is 13.9. The number of Topliss-reactive ketones (excluding diaryl/α,β-unsaturated/α-hetero) is 1. The predicted molar refractivity (Wildman–Crippen MR) is 106 cm³/mol. The lowest BCUT2D eigenvalue weighted by Crippen LogP contribution is -2.71. The van der Waals surface area contributed by atoms with Crippen LogP contribution in [-0.2, 0) is 19.1 Å². The Morgan fingerprint density at radius 3 is 2.50 bits per heavy atom. The Balaban J connectivity index is 1.71. The van der Waals surface area contributed by atoms with Gasteiger partial charge in [-0.05, 0) is 56.4 Å². The highest BCUT2D eigenvalue weighted by Crippen LogP contribution is 2.69. The summed E-state index contributed by atoms with van der Waals surface area (Å²) >= 11 is 0. The second-order valence-corrected chi connectivity index (χ2v) is 10.3. The van der Waals surface area contributed by atoms with Crippen LogP contribution >= 0.6 is 0 Å². The van der Waals surface area contributed by atoms with Crippen molar-refractivity contribution in [2.75, 3.05) is 6.61 Å². The van der Waals surface area contributed by atoms with Crippen molar-refractivity contribution in [2.45, 2.75) is 83.0 Å². The fraction of sp³-hybridized carbons (Fsp3) is 0.783. The smallest absolute Gasteiger partial charge is 0.303 e. The SMILES string of the molecule is CC(=O)OCC(=O)[C@@]1(O)CC[C@H]2[C@@H]3CCC4=CC(=O)CC[C@]4(C)[C@@]3(O)[C@@H](O)C[C@@]21C. The Kier molecular flexibility index (Phi) is 4.84. The molecule has 166 valence electrons. The summed E-state index contributed by atoms with van der Waals surface area (Å²) in [5.41, 5.74) is -3.85. The number of hydrogen-bond acceptors (Lipinski definition) is 7. The van der Waals surface area contributed by atoms with Crippen molar-refractivity contribution in [1.82, 2.24) is 0 Å². The number of ketones is 2. The molecular weight excluding hydrogens is 388 g/mol. The quantitative estimate of drug-likeness (QED) is 0.591. The molecule has 0 aromatic heterocycles. The third kappa shape index (κ3) is 2.58. The third-order valence-corrected chi connectivity index (χ3v) is 9.15. The number of hydrogen-bond donors (Lipinski definition) is 3. The molecular formula is C23H32O7. The van der Waals surface area contributed by atoms with E-state index in [4.69, 9.17) is 4.74 Å². The van der Waals surface area contributed by atoms with Gasteiger partial charge in [0.25, 0.3) is 0 Å². The van der Waals surface area contributed by atoms with E-state index in [0.717, 1.165) is 5.57 Å². The van der Waals surface area contributed by atoms with E-state index in [1.54, 1.807) is 6.08 Å². The lowest BCUT2D eigenvalue weighted by atomic mass is 9.43. The summed E-state index contributed by atoms with van der Waals surface area (Å²) < 4.78 is 4.86. The van der Waals surface area contributed by atoms with Crippen LogP contribution in [0.4, 0.5) is 0 Å².